The van der Waals surface area contributed by atoms with E-state index in [9.17, 15) is 23.1 Å². The molecule has 2 heterocycles. The number of aromatic nitrogens is 4. The Morgan fingerprint density at radius 1 is 1.05 bits per heavy atom. The summed E-state index contributed by atoms with van der Waals surface area (Å²) in [5.41, 5.74) is -0.852. The topological polar surface area (TPSA) is 156 Å². The van der Waals surface area contributed by atoms with E-state index >= 15 is 0 Å². The quantitative estimate of drug-likeness (QED) is 0.215. The number of benzene rings is 3. The third-order valence-corrected chi connectivity index (χ3v) is 8.45. The van der Waals surface area contributed by atoms with E-state index in [1.54, 1.807) is 74.6 Å². The first kappa shape index (κ1) is 30.6. The van der Waals surface area contributed by atoms with E-state index in [0.29, 0.717) is 23.1 Å². The van der Waals surface area contributed by atoms with Crippen molar-refractivity contribution < 1.29 is 23.1 Å². The van der Waals surface area contributed by atoms with Crippen LogP contribution in [0.1, 0.15) is 37.6 Å². The van der Waals surface area contributed by atoms with Crippen LogP contribution in [0.4, 0.5) is 0 Å². The van der Waals surface area contributed by atoms with Gasteiger partial charge in [-0.05, 0) is 48.6 Å². The van der Waals surface area contributed by atoms with Crippen LogP contribution >= 0.6 is 0 Å². The van der Waals surface area contributed by atoms with Gasteiger partial charge < -0.3 is 14.8 Å². The van der Waals surface area contributed by atoms with E-state index in [1.807, 2.05) is 13.8 Å². The van der Waals surface area contributed by atoms with Gasteiger partial charge in [0.1, 0.15) is 17.1 Å². The molecule has 228 valence electrons. The number of nitrogens with zero attached hydrogens (tertiary/aromatic N) is 3. The number of aromatic amines is 1. The van der Waals surface area contributed by atoms with Crippen molar-refractivity contribution in [1.29, 1.82) is 0 Å². The van der Waals surface area contributed by atoms with Gasteiger partial charge in [0.15, 0.2) is 11.1 Å². The minimum absolute atomic E-state index is 0.0809. The largest absolute Gasteiger partial charge is 0.493 e. The number of rotatable bonds is 10. The van der Waals surface area contributed by atoms with Gasteiger partial charge in [-0.2, -0.15) is 5.10 Å². The van der Waals surface area contributed by atoms with E-state index in [4.69, 9.17) is 4.74 Å². The summed E-state index contributed by atoms with van der Waals surface area (Å²) in [6.45, 7) is 6.08. The van der Waals surface area contributed by atoms with Gasteiger partial charge in [-0.1, -0.05) is 74.5 Å². The number of H-pyrrole nitrogens is 1. The zero-order valence-electron chi connectivity index (χ0n) is 24.7. The van der Waals surface area contributed by atoms with Crippen LogP contribution in [0.3, 0.4) is 0 Å². The number of carbonyl (C=O) groups excluding carboxylic acids is 1. The first-order chi connectivity index (χ1) is 21.0. The van der Waals surface area contributed by atoms with Crippen molar-refractivity contribution in [3.63, 3.8) is 0 Å². The van der Waals surface area contributed by atoms with Crippen molar-refractivity contribution in [3.05, 3.63) is 106 Å². The number of nitrogens with one attached hydrogen (secondary N) is 2. The molecule has 0 aliphatic rings. The molecule has 0 saturated heterocycles. The van der Waals surface area contributed by atoms with E-state index in [-0.39, 0.29) is 45.7 Å². The van der Waals surface area contributed by atoms with Gasteiger partial charge in [-0.15, -0.1) is 0 Å². The Bertz CT molecular complexity index is 1950. The Morgan fingerprint density at radius 2 is 1.66 bits per heavy atom. The number of sulfonamides is 1. The van der Waals surface area contributed by atoms with E-state index < -0.39 is 27.1 Å². The van der Waals surface area contributed by atoms with Crippen molar-refractivity contribution in [2.75, 3.05) is 6.61 Å². The zero-order chi connectivity index (χ0) is 31.6. The highest BCUT2D eigenvalue weighted by molar-refractivity contribution is 7.90. The zero-order valence-corrected chi connectivity index (χ0v) is 25.6. The van der Waals surface area contributed by atoms with Gasteiger partial charge in [0.25, 0.3) is 21.5 Å². The molecule has 0 radical (unpaired) electrons. The van der Waals surface area contributed by atoms with Gasteiger partial charge in [0, 0.05) is 7.05 Å². The van der Waals surface area contributed by atoms with Gasteiger partial charge in [0.2, 0.25) is 0 Å². The SMILES string of the molecule is CCOc1ccc(S(=O)(=O)NC(=O)C(O)(c2ccccc2)c2ccccc2)cc1-c1nc2c(CC(C)C)nn(C)c2c(=O)[nH]1. The lowest BCUT2D eigenvalue weighted by Gasteiger charge is -2.28. The van der Waals surface area contributed by atoms with Gasteiger partial charge in [0.05, 0.1) is 22.8 Å². The van der Waals surface area contributed by atoms with E-state index in [1.165, 1.54) is 22.9 Å². The summed E-state index contributed by atoms with van der Waals surface area (Å²) in [4.78, 5) is 33.9. The Labute approximate surface area is 254 Å². The van der Waals surface area contributed by atoms with Gasteiger partial charge in [-0.3, -0.25) is 14.3 Å². The van der Waals surface area contributed by atoms with Crippen LogP contribution in [-0.2, 0) is 33.9 Å². The number of ether oxygens (including phenoxy) is 1. The van der Waals surface area contributed by atoms with Crippen LogP contribution in [-0.4, -0.2) is 45.8 Å². The molecule has 1 amide bonds. The number of hydrogen-bond acceptors (Lipinski definition) is 8. The molecule has 0 aliphatic carbocycles. The Morgan fingerprint density at radius 3 is 2.23 bits per heavy atom. The predicted octanol–water partition coefficient (Wildman–Crippen LogP) is 3.66. The second-order valence-corrected chi connectivity index (χ2v) is 12.4. The molecule has 11 nitrogen and oxygen atoms in total. The molecule has 3 N–H and O–H groups in total. The number of hydrogen-bond donors (Lipinski definition) is 3. The second-order valence-electron chi connectivity index (χ2n) is 10.7. The average molecular weight is 616 g/mol. The molecular weight excluding hydrogens is 582 g/mol. The Balaban J connectivity index is 1.59. The summed E-state index contributed by atoms with van der Waals surface area (Å²) in [6.07, 6.45) is 0.581. The Kier molecular flexibility index (Phi) is 8.40. The average Bonchev–Trinajstić information content (AvgIpc) is 3.31. The summed E-state index contributed by atoms with van der Waals surface area (Å²) in [6, 6.07) is 20.1. The molecule has 0 bridgehead atoms. The molecule has 0 atom stereocenters. The standard InChI is InChI=1S/C32H33N5O6S/c1-5-43-26-17-16-23(19-24(26)29-33-27-25(18-20(2)3)35-37(4)28(27)30(38)34-29)44(41,42)36-31(39)32(40,21-12-8-6-9-13-21)22-14-10-7-11-15-22/h6-17,19-20,40H,5,18H2,1-4H3,(H,36,39)(H,33,34,38). The molecule has 12 heteroatoms. The van der Waals surface area contributed by atoms with Gasteiger partial charge >= 0.3 is 0 Å². The highest BCUT2D eigenvalue weighted by Gasteiger charge is 2.42. The maximum Gasteiger partial charge on any atom is 0.277 e. The van der Waals surface area contributed by atoms with E-state index in [0.717, 1.165) is 0 Å². The van der Waals surface area contributed by atoms with E-state index in [2.05, 4.69) is 19.8 Å². The van der Waals surface area contributed by atoms with Crippen molar-refractivity contribution >= 4 is 27.0 Å². The lowest BCUT2D eigenvalue weighted by molar-refractivity contribution is -0.134. The fourth-order valence-corrected chi connectivity index (χ4v) is 6.11. The second kappa shape index (κ2) is 12.1. The van der Waals surface area contributed by atoms with Crippen LogP contribution in [0, 0.1) is 5.92 Å². The van der Waals surface area contributed by atoms with Crippen molar-refractivity contribution in [1.82, 2.24) is 24.5 Å². The van der Waals surface area contributed by atoms with Gasteiger partial charge in [-0.25, -0.2) is 18.1 Å². The smallest absolute Gasteiger partial charge is 0.277 e. The molecule has 0 saturated carbocycles. The van der Waals surface area contributed by atoms with Crippen molar-refractivity contribution in [2.45, 2.75) is 37.7 Å². The van der Waals surface area contributed by atoms with Crippen molar-refractivity contribution in [2.24, 2.45) is 13.0 Å². The van der Waals surface area contributed by atoms with Crippen LogP contribution in [0.25, 0.3) is 22.4 Å². The molecule has 5 aromatic rings. The maximum atomic E-state index is 13.7. The third-order valence-electron chi connectivity index (χ3n) is 7.12. The number of carbonyl (C=O) groups is 1. The normalized spacial score (nSPS) is 12.0. The summed E-state index contributed by atoms with van der Waals surface area (Å²) in [7, 11) is -2.88. The number of fused-ring (bicyclic) bond motifs is 1. The van der Waals surface area contributed by atoms with Crippen LogP contribution in [0.5, 0.6) is 5.75 Å². The highest BCUT2D eigenvalue weighted by Crippen LogP contribution is 2.33. The first-order valence-corrected chi connectivity index (χ1v) is 15.6. The molecule has 0 aliphatic heterocycles. The van der Waals surface area contributed by atoms with Crippen LogP contribution in [0.15, 0.2) is 88.6 Å². The monoisotopic (exact) mass is 615 g/mol. The van der Waals surface area contributed by atoms with Crippen LogP contribution < -0.4 is 15.0 Å². The number of aryl methyl sites for hydroxylation is 1. The van der Waals surface area contributed by atoms with Crippen LogP contribution in [0.2, 0.25) is 0 Å². The molecule has 0 fully saturated rings. The molecule has 44 heavy (non-hydrogen) atoms. The fourth-order valence-electron chi connectivity index (χ4n) is 5.08. The third kappa shape index (κ3) is 5.73. The molecular formula is C32H33N5O6S. The Hall–Kier alpha value is -4.81. The minimum atomic E-state index is -4.54. The lowest BCUT2D eigenvalue weighted by atomic mass is 9.86. The summed E-state index contributed by atoms with van der Waals surface area (Å²) in [5.74, 6) is -0.553. The highest BCUT2D eigenvalue weighted by atomic mass is 32.2. The molecule has 0 spiro atoms. The fraction of sp³-hybridized carbons (Fsp3) is 0.250. The lowest BCUT2D eigenvalue weighted by Crippen LogP contribution is -2.47. The summed E-state index contributed by atoms with van der Waals surface area (Å²) in [5, 5.41) is 16.2. The minimum Gasteiger partial charge on any atom is -0.493 e. The summed E-state index contributed by atoms with van der Waals surface area (Å²) < 4.78 is 36.6. The maximum absolute atomic E-state index is 13.7. The molecule has 3 aromatic carbocycles. The number of amides is 1. The first-order valence-electron chi connectivity index (χ1n) is 14.1. The molecule has 5 rings (SSSR count). The predicted molar refractivity (Wildman–Crippen MR) is 165 cm³/mol. The number of aliphatic hydroxyl groups is 1. The molecule has 2 aromatic heterocycles. The molecule has 0 unspecified atom stereocenters. The summed E-state index contributed by atoms with van der Waals surface area (Å²) >= 11 is 0. The van der Waals surface area contributed by atoms with Crippen molar-refractivity contribution in [3.8, 4) is 17.1 Å².